The molecule has 0 saturated carbocycles. The molecule has 0 bridgehead atoms. The van der Waals surface area contributed by atoms with Gasteiger partial charge in [-0.25, -0.2) is 0 Å². The maximum Gasteiger partial charge on any atom is 0.240 e. The molecule has 5 heteroatoms. The van der Waals surface area contributed by atoms with Crippen LogP contribution in [0.2, 0.25) is 0 Å². The number of aromatic hydroxyl groups is 1. The van der Waals surface area contributed by atoms with E-state index in [2.05, 4.69) is 13.8 Å². The Morgan fingerprint density at radius 2 is 2.13 bits per heavy atom. The number of ether oxygens (including phenoxy) is 1. The molecule has 2 heterocycles. The first kappa shape index (κ1) is 16.3. The average Bonchev–Trinajstić information content (AvgIpc) is 2.82. The molecular weight excluding hydrogens is 292 g/mol. The predicted octanol–water partition coefficient (Wildman–Crippen LogP) is 1.82. The number of hydrogen-bond acceptors (Lipinski definition) is 4. The van der Waals surface area contributed by atoms with Gasteiger partial charge < -0.3 is 20.5 Å². The van der Waals surface area contributed by atoms with Crippen molar-refractivity contribution in [1.29, 1.82) is 0 Å². The molecule has 0 aliphatic carbocycles. The van der Waals surface area contributed by atoms with Crippen LogP contribution in [0.25, 0.3) is 0 Å². The largest absolute Gasteiger partial charge is 0.508 e. The number of hydrogen-bond donors (Lipinski definition) is 2. The Morgan fingerprint density at radius 1 is 1.43 bits per heavy atom. The van der Waals surface area contributed by atoms with Crippen LogP contribution in [0.4, 0.5) is 0 Å². The maximum absolute atomic E-state index is 12.8. The van der Waals surface area contributed by atoms with Crippen molar-refractivity contribution in [2.24, 2.45) is 5.73 Å². The highest BCUT2D eigenvalue weighted by atomic mass is 16.5. The van der Waals surface area contributed by atoms with Crippen molar-refractivity contribution in [3.63, 3.8) is 0 Å². The molecule has 126 valence electrons. The van der Waals surface area contributed by atoms with E-state index in [4.69, 9.17) is 10.5 Å². The van der Waals surface area contributed by atoms with Gasteiger partial charge in [0.05, 0.1) is 23.8 Å². The molecular formula is C18H26N2O3. The van der Waals surface area contributed by atoms with Gasteiger partial charge >= 0.3 is 0 Å². The van der Waals surface area contributed by atoms with Gasteiger partial charge in [0, 0.05) is 6.54 Å². The van der Waals surface area contributed by atoms with Gasteiger partial charge in [-0.3, -0.25) is 4.79 Å². The molecule has 3 rings (SSSR count). The van der Waals surface area contributed by atoms with E-state index in [1.807, 2.05) is 17.0 Å². The molecule has 3 atom stereocenters. The van der Waals surface area contributed by atoms with Crippen LogP contribution in [0.15, 0.2) is 24.3 Å². The van der Waals surface area contributed by atoms with Crippen LogP contribution in [0.3, 0.4) is 0 Å². The van der Waals surface area contributed by atoms with Crippen LogP contribution >= 0.6 is 0 Å². The number of likely N-dealkylation sites (tertiary alicyclic amines) is 1. The van der Waals surface area contributed by atoms with E-state index in [9.17, 15) is 9.90 Å². The minimum absolute atomic E-state index is 0.00840. The fourth-order valence-electron chi connectivity index (χ4n) is 3.82. The minimum Gasteiger partial charge on any atom is -0.508 e. The number of benzene rings is 1. The molecule has 2 saturated heterocycles. The van der Waals surface area contributed by atoms with Gasteiger partial charge in [-0.2, -0.15) is 0 Å². The smallest absolute Gasteiger partial charge is 0.240 e. The maximum atomic E-state index is 12.8. The van der Waals surface area contributed by atoms with Crippen molar-refractivity contribution in [1.82, 2.24) is 4.90 Å². The number of nitrogens with two attached hydrogens (primary N) is 1. The van der Waals surface area contributed by atoms with Gasteiger partial charge in [0.1, 0.15) is 5.75 Å². The van der Waals surface area contributed by atoms with E-state index in [-0.39, 0.29) is 29.4 Å². The molecule has 2 aliphatic rings. The Kier molecular flexibility index (Phi) is 4.34. The van der Waals surface area contributed by atoms with Gasteiger partial charge in [0.15, 0.2) is 0 Å². The molecule has 1 aromatic carbocycles. The zero-order valence-electron chi connectivity index (χ0n) is 13.9. The second-order valence-electron chi connectivity index (χ2n) is 7.34. The number of phenolic OH excluding ortho intramolecular Hbond substituents is 1. The predicted molar refractivity (Wildman–Crippen MR) is 88.1 cm³/mol. The number of amides is 1. The fourth-order valence-corrected chi connectivity index (χ4v) is 3.82. The Balaban J connectivity index is 1.67. The minimum atomic E-state index is -0.554. The highest BCUT2D eigenvalue weighted by Crippen LogP contribution is 2.38. The van der Waals surface area contributed by atoms with Crippen LogP contribution in [0, 0.1) is 0 Å². The summed E-state index contributed by atoms with van der Waals surface area (Å²) in [6.45, 7) is 4.94. The quantitative estimate of drug-likeness (QED) is 0.891. The fraction of sp³-hybridized carbons (Fsp3) is 0.611. The lowest BCUT2D eigenvalue weighted by atomic mass is 9.93. The van der Waals surface area contributed by atoms with Crippen LogP contribution in [-0.4, -0.2) is 46.2 Å². The number of nitrogens with zero attached hydrogens (tertiary/aromatic N) is 1. The highest BCUT2D eigenvalue weighted by molar-refractivity contribution is 5.82. The number of rotatable bonds is 3. The average molecular weight is 318 g/mol. The summed E-state index contributed by atoms with van der Waals surface area (Å²) in [5.74, 6) is 0.229. The molecule has 1 aromatic rings. The van der Waals surface area contributed by atoms with E-state index in [0.717, 1.165) is 31.4 Å². The SMILES string of the molecule is CC1(C)C[C@H]2[C@H](CCCN2C(=O)[C@@H](N)Cc2ccc(O)cc2)O1. The Morgan fingerprint density at radius 3 is 2.83 bits per heavy atom. The molecule has 0 aromatic heterocycles. The van der Waals surface area contributed by atoms with Crippen LogP contribution in [0.5, 0.6) is 5.75 Å². The molecule has 23 heavy (non-hydrogen) atoms. The monoisotopic (exact) mass is 318 g/mol. The van der Waals surface area contributed by atoms with Crippen LogP contribution in [0.1, 0.15) is 38.7 Å². The van der Waals surface area contributed by atoms with Gasteiger partial charge in [-0.1, -0.05) is 12.1 Å². The topological polar surface area (TPSA) is 75.8 Å². The van der Waals surface area contributed by atoms with Crippen molar-refractivity contribution in [2.75, 3.05) is 6.54 Å². The second kappa shape index (κ2) is 6.13. The van der Waals surface area contributed by atoms with Crippen molar-refractivity contribution in [3.05, 3.63) is 29.8 Å². The van der Waals surface area contributed by atoms with Crippen LogP contribution < -0.4 is 5.73 Å². The number of carbonyl (C=O) groups is 1. The molecule has 5 nitrogen and oxygen atoms in total. The van der Waals surface area contributed by atoms with Gasteiger partial charge in [-0.05, 0) is 57.2 Å². The molecule has 0 radical (unpaired) electrons. The number of carbonyl (C=O) groups excluding carboxylic acids is 1. The summed E-state index contributed by atoms with van der Waals surface area (Å²) >= 11 is 0. The molecule has 2 aliphatic heterocycles. The first-order chi connectivity index (χ1) is 10.9. The molecule has 3 N–H and O–H groups in total. The van der Waals surface area contributed by atoms with E-state index < -0.39 is 6.04 Å². The third-order valence-corrected chi connectivity index (χ3v) is 4.88. The third-order valence-electron chi connectivity index (χ3n) is 4.88. The number of fused-ring (bicyclic) bond motifs is 1. The molecule has 2 fully saturated rings. The lowest BCUT2D eigenvalue weighted by Crippen LogP contribution is -2.54. The molecule has 0 unspecified atom stereocenters. The summed E-state index contributed by atoms with van der Waals surface area (Å²) in [5.41, 5.74) is 6.97. The van der Waals surface area contributed by atoms with E-state index in [1.54, 1.807) is 12.1 Å². The highest BCUT2D eigenvalue weighted by Gasteiger charge is 2.46. The Bertz CT molecular complexity index is 570. The Labute approximate surface area is 137 Å². The van der Waals surface area contributed by atoms with E-state index in [1.165, 1.54) is 0 Å². The first-order valence-electron chi connectivity index (χ1n) is 8.37. The van der Waals surface area contributed by atoms with Gasteiger partial charge in [-0.15, -0.1) is 0 Å². The third kappa shape index (κ3) is 3.51. The summed E-state index contributed by atoms with van der Waals surface area (Å²) in [7, 11) is 0. The van der Waals surface area contributed by atoms with Crippen molar-refractivity contribution >= 4 is 5.91 Å². The number of piperidine rings is 1. The summed E-state index contributed by atoms with van der Waals surface area (Å²) in [4.78, 5) is 14.8. The van der Waals surface area contributed by atoms with Gasteiger partial charge in [0.25, 0.3) is 0 Å². The lowest BCUT2D eigenvalue weighted by molar-refractivity contribution is -0.138. The van der Waals surface area contributed by atoms with Crippen LogP contribution in [-0.2, 0) is 16.0 Å². The van der Waals surface area contributed by atoms with Crippen molar-refractivity contribution < 1.29 is 14.6 Å². The second-order valence-corrected chi connectivity index (χ2v) is 7.34. The summed E-state index contributed by atoms with van der Waals surface area (Å²) in [5, 5.41) is 9.34. The Hall–Kier alpha value is -1.59. The van der Waals surface area contributed by atoms with Crippen molar-refractivity contribution in [3.8, 4) is 5.75 Å². The van der Waals surface area contributed by atoms with E-state index >= 15 is 0 Å². The lowest BCUT2D eigenvalue weighted by Gasteiger charge is -2.37. The molecule has 0 spiro atoms. The van der Waals surface area contributed by atoms with Crippen molar-refractivity contribution in [2.45, 2.75) is 63.3 Å². The summed E-state index contributed by atoms with van der Waals surface area (Å²) < 4.78 is 6.08. The molecule has 1 amide bonds. The van der Waals surface area contributed by atoms with Gasteiger partial charge in [0.2, 0.25) is 5.91 Å². The summed E-state index contributed by atoms with van der Waals surface area (Å²) in [6, 6.07) is 6.46. The standard InChI is InChI=1S/C18H26N2O3/c1-18(2)11-15-16(23-18)4-3-9-20(15)17(22)14(19)10-12-5-7-13(21)8-6-12/h5-8,14-16,21H,3-4,9-11,19H2,1-2H3/t14-,15-,16-/m0/s1. The van der Waals surface area contributed by atoms with E-state index in [0.29, 0.717) is 6.42 Å². The number of phenols is 1. The zero-order chi connectivity index (χ0) is 16.6. The zero-order valence-corrected chi connectivity index (χ0v) is 13.9. The first-order valence-corrected chi connectivity index (χ1v) is 8.37. The normalized spacial score (nSPS) is 27.5. The summed E-state index contributed by atoms with van der Waals surface area (Å²) in [6.07, 6.45) is 3.48.